The minimum atomic E-state index is -4.37. The second-order valence-electron chi connectivity index (χ2n) is 7.57. The zero-order valence-electron chi connectivity index (χ0n) is 17.8. The van der Waals surface area contributed by atoms with Gasteiger partial charge in [0.15, 0.2) is 0 Å². The van der Waals surface area contributed by atoms with Crippen molar-refractivity contribution in [3.8, 4) is 0 Å². The maximum Gasteiger partial charge on any atom is 0.417 e. The summed E-state index contributed by atoms with van der Waals surface area (Å²) in [5, 5.41) is 0. The predicted octanol–water partition coefficient (Wildman–Crippen LogP) is 9.08. The van der Waals surface area contributed by atoms with Crippen LogP contribution in [-0.2, 0) is 6.18 Å². The van der Waals surface area contributed by atoms with Crippen LogP contribution in [0.25, 0.3) is 0 Å². The highest BCUT2D eigenvalue weighted by Gasteiger charge is 2.33. The SMILES string of the molecule is Cc1cc(S(C)(c2ccccc2)c2ccccc2)ccc1Sc1ccccc1C(F)(F)F. The van der Waals surface area contributed by atoms with Crippen LogP contribution in [0.15, 0.2) is 128 Å². The van der Waals surface area contributed by atoms with Gasteiger partial charge in [0.2, 0.25) is 0 Å². The lowest BCUT2D eigenvalue weighted by molar-refractivity contribution is -0.139. The number of aryl methyl sites for hydroxylation is 1. The normalized spacial score (nSPS) is 12.5. The lowest BCUT2D eigenvalue weighted by Crippen LogP contribution is -2.06. The number of benzene rings is 4. The minimum Gasteiger partial charge on any atom is -0.166 e. The maximum atomic E-state index is 13.4. The average Bonchev–Trinajstić information content (AvgIpc) is 2.80. The summed E-state index contributed by atoms with van der Waals surface area (Å²) < 4.78 is 40.3. The lowest BCUT2D eigenvalue weighted by atomic mass is 10.2. The van der Waals surface area contributed by atoms with E-state index in [9.17, 15) is 13.2 Å². The molecule has 4 aromatic rings. The Hall–Kier alpha value is -2.63. The van der Waals surface area contributed by atoms with Gasteiger partial charge in [0, 0.05) is 9.79 Å². The zero-order valence-corrected chi connectivity index (χ0v) is 19.4. The van der Waals surface area contributed by atoms with Crippen molar-refractivity contribution in [2.45, 2.75) is 37.6 Å². The van der Waals surface area contributed by atoms with E-state index in [0.29, 0.717) is 0 Å². The maximum absolute atomic E-state index is 13.4. The highest BCUT2D eigenvalue weighted by Crippen LogP contribution is 2.65. The van der Waals surface area contributed by atoms with E-state index in [1.54, 1.807) is 6.07 Å². The Labute approximate surface area is 192 Å². The fourth-order valence-electron chi connectivity index (χ4n) is 3.69. The van der Waals surface area contributed by atoms with Crippen LogP contribution < -0.4 is 0 Å². The summed E-state index contributed by atoms with van der Waals surface area (Å²) >= 11 is 1.17. The number of alkyl halides is 3. The highest BCUT2D eigenvalue weighted by atomic mass is 32.3. The lowest BCUT2D eigenvalue weighted by Gasteiger charge is -2.38. The second kappa shape index (κ2) is 9.08. The Morgan fingerprint density at radius 1 is 0.625 bits per heavy atom. The first kappa shape index (κ1) is 22.6. The first-order valence-electron chi connectivity index (χ1n) is 10.1. The van der Waals surface area contributed by atoms with Gasteiger partial charge in [-0.3, -0.25) is 0 Å². The first-order chi connectivity index (χ1) is 15.3. The van der Waals surface area contributed by atoms with E-state index in [0.717, 1.165) is 16.5 Å². The fourth-order valence-corrected chi connectivity index (χ4v) is 7.70. The van der Waals surface area contributed by atoms with Gasteiger partial charge in [-0.2, -0.15) is 23.2 Å². The molecule has 0 aliphatic heterocycles. The van der Waals surface area contributed by atoms with Crippen LogP contribution in [0.5, 0.6) is 0 Å². The number of rotatable bonds is 5. The van der Waals surface area contributed by atoms with Crippen LogP contribution in [0.1, 0.15) is 11.1 Å². The van der Waals surface area contributed by atoms with Gasteiger partial charge in [0.25, 0.3) is 0 Å². The third kappa shape index (κ3) is 4.45. The van der Waals surface area contributed by atoms with Crippen molar-refractivity contribution >= 4 is 21.8 Å². The molecule has 4 rings (SSSR count). The summed E-state index contributed by atoms with van der Waals surface area (Å²) in [7, 11) is -1.51. The van der Waals surface area contributed by atoms with Gasteiger partial charge < -0.3 is 0 Å². The van der Waals surface area contributed by atoms with Gasteiger partial charge in [0.05, 0.1) is 5.56 Å². The van der Waals surface area contributed by atoms with Crippen molar-refractivity contribution < 1.29 is 13.2 Å². The van der Waals surface area contributed by atoms with E-state index in [-0.39, 0.29) is 4.90 Å². The molecule has 0 N–H and O–H groups in total. The molecular weight excluding hydrogens is 445 g/mol. The minimum absolute atomic E-state index is 0.220. The van der Waals surface area contributed by atoms with E-state index < -0.39 is 21.8 Å². The predicted molar refractivity (Wildman–Crippen MR) is 128 cm³/mol. The molecule has 0 fully saturated rings. The number of hydrogen-bond acceptors (Lipinski definition) is 1. The van der Waals surface area contributed by atoms with Crippen molar-refractivity contribution in [3.05, 3.63) is 114 Å². The van der Waals surface area contributed by atoms with E-state index in [1.165, 1.54) is 38.6 Å². The summed E-state index contributed by atoms with van der Waals surface area (Å²) in [4.78, 5) is 4.72. The molecule has 0 radical (unpaired) electrons. The summed E-state index contributed by atoms with van der Waals surface area (Å²) in [6.07, 6.45) is -2.10. The topological polar surface area (TPSA) is 0 Å². The third-order valence-electron chi connectivity index (χ3n) is 5.46. The monoisotopic (exact) mass is 468 g/mol. The molecule has 0 atom stereocenters. The summed E-state index contributed by atoms with van der Waals surface area (Å²) in [5.41, 5.74) is 0.368. The van der Waals surface area contributed by atoms with Crippen LogP contribution >= 0.6 is 21.8 Å². The van der Waals surface area contributed by atoms with Crippen molar-refractivity contribution in [2.24, 2.45) is 0 Å². The smallest absolute Gasteiger partial charge is 0.166 e. The van der Waals surface area contributed by atoms with Gasteiger partial charge >= 0.3 is 6.18 Å². The van der Waals surface area contributed by atoms with Gasteiger partial charge in [-0.25, -0.2) is 0 Å². The Bertz CT molecular complexity index is 1160. The zero-order chi connectivity index (χ0) is 22.8. The Morgan fingerprint density at radius 3 is 1.69 bits per heavy atom. The first-order valence-corrected chi connectivity index (χ1v) is 13.0. The molecule has 5 heteroatoms. The van der Waals surface area contributed by atoms with Crippen molar-refractivity contribution in [1.29, 1.82) is 0 Å². The molecule has 0 heterocycles. The van der Waals surface area contributed by atoms with Crippen LogP contribution in [0.2, 0.25) is 0 Å². The van der Waals surface area contributed by atoms with Gasteiger partial charge in [-0.05, 0) is 88.0 Å². The van der Waals surface area contributed by atoms with Crippen molar-refractivity contribution in [2.75, 3.05) is 6.26 Å². The largest absolute Gasteiger partial charge is 0.417 e. The van der Waals surface area contributed by atoms with E-state index in [4.69, 9.17) is 0 Å². The van der Waals surface area contributed by atoms with Crippen molar-refractivity contribution in [1.82, 2.24) is 0 Å². The number of halogens is 3. The highest BCUT2D eigenvalue weighted by molar-refractivity contribution is 8.33. The molecule has 0 aliphatic rings. The molecule has 164 valence electrons. The van der Waals surface area contributed by atoms with E-state index in [2.05, 4.69) is 66.9 Å². The van der Waals surface area contributed by atoms with Crippen LogP contribution in [0.4, 0.5) is 13.2 Å². The van der Waals surface area contributed by atoms with Crippen molar-refractivity contribution in [3.63, 3.8) is 0 Å². The summed E-state index contributed by atoms with van der Waals surface area (Å²) in [6.45, 7) is 1.97. The average molecular weight is 469 g/mol. The standard InChI is InChI=1S/C27H23F3S2/c1-20-19-23(17-18-25(20)31-26-16-10-9-15-24(26)27(28,29)30)32(2,21-11-5-3-6-12-21)22-13-7-4-8-14-22/h3-19H,1-2H3. The molecule has 0 aliphatic carbocycles. The molecule has 0 spiro atoms. The molecule has 0 aromatic heterocycles. The molecule has 0 saturated carbocycles. The van der Waals surface area contributed by atoms with Gasteiger partial charge in [-0.15, -0.1) is 0 Å². The quantitative estimate of drug-likeness (QED) is 0.281. The molecule has 0 unspecified atom stereocenters. The molecule has 0 bridgehead atoms. The Balaban J connectivity index is 1.77. The fraction of sp³-hybridized carbons (Fsp3) is 0.111. The van der Waals surface area contributed by atoms with E-state index >= 15 is 0 Å². The Kier molecular flexibility index (Phi) is 6.40. The Morgan fingerprint density at radius 2 is 1.16 bits per heavy atom. The molecule has 0 nitrogen and oxygen atoms in total. The second-order valence-corrected chi connectivity index (χ2v) is 11.9. The molecule has 4 aromatic carbocycles. The van der Waals surface area contributed by atoms with E-state index in [1.807, 2.05) is 25.1 Å². The van der Waals surface area contributed by atoms with Gasteiger partial charge in [0.1, 0.15) is 0 Å². The molecule has 32 heavy (non-hydrogen) atoms. The van der Waals surface area contributed by atoms with Crippen LogP contribution in [-0.4, -0.2) is 6.26 Å². The van der Waals surface area contributed by atoms with Crippen LogP contribution in [0, 0.1) is 6.92 Å². The number of hydrogen-bond donors (Lipinski definition) is 0. The third-order valence-corrected chi connectivity index (χ3v) is 10.3. The van der Waals surface area contributed by atoms with Gasteiger partial charge in [-0.1, -0.05) is 60.3 Å². The summed E-state index contributed by atoms with van der Waals surface area (Å²) in [5.74, 6) is 0. The molecule has 0 amide bonds. The van der Waals surface area contributed by atoms with Crippen LogP contribution in [0.3, 0.4) is 0 Å². The summed E-state index contributed by atoms with van der Waals surface area (Å²) in [6, 6.07) is 32.7. The molecular formula is C27H23F3S2. The molecule has 0 saturated heterocycles.